The van der Waals surface area contributed by atoms with Gasteiger partial charge in [0.1, 0.15) is 11.5 Å². The molecule has 1 heterocycles. The number of hydrogen-bond donors (Lipinski definition) is 2. The average Bonchev–Trinajstić information content (AvgIpc) is 3.16. The number of aromatic nitrogens is 2. The minimum atomic E-state index is -0.523. The van der Waals surface area contributed by atoms with Crippen molar-refractivity contribution in [3.63, 3.8) is 0 Å². The lowest BCUT2D eigenvalue weighted by atomic mass is 10.2. The molecule has 2 N–H and O–H groups in total. The number of nitrogens with zero attached hydrogens (tertiary/aromatic N) is 2. The van der Waals surface area contributed by atoms with Crippen LogP contribution >= 0.6 is 11.8 Å². The van der Waals surface area contributed by atoms with Crippen molar-refractivity contribution in [1.82, 2.24) is 20.4 Å². The number of hydrogen-bond acceptors (Lipinski definition) is 4. The molecule has 0 aliphatic heterocycles. The molecule has 0 unspecified atom stereocenters. The fraction of sp³-hybridized carbons (Fsp3) is 0.105. The highest BCUT2D eigenvalue weighted by atomic mass is 32.2. The van der Waals surface area contributed by atoms with Gasteiger partial charge in [0.05, 0.1) is 18.3 Å². The van der Waals surface area contributed by atoms with Crippen molar-refractivity contribution in [1.29, 1.82) is 0 Å². The highest BCUT2D eigenvalue weighted by Gasteiger charge is 2.14. The Balaban J connectivity index is 1.55. The molecule has 138 valence electrons. The van der Waals surface area contributed by atoms with Crippen molar-refractivity contribution in [2.75, 3.05) is 5.75 Å². The number of rotatable bonds is 5. The van der Waals surface area contributed by atoms with Crippen LogP contribution in [-0.4, -0.2) is 27.1 Å². The zero-order valence-electron chi connectivity index (χ0n) is 14.5. The van der Waals surface area contributed by atoms with E-state index < -0.39 is 5.91 Å². The van der Waals surface area contributed by atoms with Crippen molar-refractivity contribution in [2.45, 2.75) is 11.8 Å². The van der Waals surface area contributed by atoms with E-state index in [1.165, 1.54) is 53.1 Å². The van der Waals surface area contributed by atoms with Gasteiger partial charge >= 0.3 is 0 Å². The van der Waals surface area contributed by atoms with Gasteiger partial charge in [-0.05, 0) is 43.3 Å². The van der Waals surface area contributed by atoms with Crippen LogP contribution in [0.5, 0.6) is 0 Å². The highest BCUT2D eigenvalue weighted by molar-refractivity contribution is 8.00. The maximum atomic E-state index is 13.1. The van der Waals surface area contributed by atoms with Crippen molar-refractivity contribution in [2.24, 2.45) is 0 Å². The number of thioether (sulfide) groups is 1. The summed E-state index contributed by atoms with van der Waals surface area (Å²) in [6.45, 7) is 1.99. The summed E-state index contributed by atoms with van der Waals surface area (Å²) in [5.41, 5.74) is 6.69. The first-order chi connectivity index (χ1) is 13.0. The number of imidazole rings is 1. The number of aryl methyl sites for hydroxylation is 1. The molecule has 0 fully saturated rings. The van der Waals surface area contributed by atoms with Gasteiger partial charge in [-0.25, -0.2) is 9.37 Å². The zero-order chi connectivity index (χ0) is 19.2. The lowest BCUT2D eigenvalue weighted by molar-refractivity contribution is -0.119. The van der Waals surface area contributed by atoms with Crippen molar-refractivity contribution in [3.05, 3.63) is 78.1 Å². The van der Waals surface area contributed by atoms with Crippen LogP contribution in [0.15, 0.2) is 66.0 Å². The summed E-state index contributed by atoms with van der Waals surface area (Å²) in [4.78, 5) is 29.2. The second-order valence-electron chi connectivity index (χ2n) is 5.73. The molecular formula is C19H17FN4O2S. The van der Waals surface area contributed by atoms with Gasteiger partial charge in [0.25, 0.3) is 5.91 Å². The highest BCUT2D eigenvalue weighted by Crippen LogP contribution is 2.17. The Morgan fingerprint density at radius 3 is 2.48 bits per heavy atom. The minimum Gasteiger partial charge on any atom is -0.295 e. The van der Waals surface area contributed by atoms with Gasteiger partial charge in [0, 0.05) is 10.6 Å². The standard InChI is InChI=1S/C19H17FN4O2S/c1-13-2-8-16(9-3-13)27-11-18(25)22-23-19(26)17-10-21-12-24(17)15-6-4-14(20)5-7-15/h2-10,12H,11H2,1H3,(H,22,25)(H,23,26). The number of nitrogens with one attached hydrogen (secondary N) is 2. The maximum Gasteiger partial charge on any atom is 0.288 e. The second-order valence-corrected chi connectivity index (χ2v) is 6.78. The number of amides is 2. The molecule has 0 aliphatic rings. The number of carbonyl (C=O) groups is 2. The topological polar surface area (TPSA) is 76.0 Å². The van der Waals surface area contributed by atoms with E-state index in [1.807, 2.05) is 31.2 Å². The van der Waals surface area contributed by atoms with Crippen LogP contribution in [0.3, 0.4) is 0 Å². The Morgan fingerprint density at radius 1 is 1.07 bits per heavy atom. The largest absolute Gasteiger partial charge is 0.295 e. The minimum absolute atomic E-state index is 0.167. The van der Waals surface area contributed by atoms with E-state index in [-0.39, 0.29) is 23.2 Å². The molecule has 1 aromatic heterocycles. The summed E-state index contributed by atoms with van der Waals surface area (Å²) in [6.07, 6.45) is 2.81. The Kier molecular flexibility index (Phi) is 5.87. The van der Waals surface area contributed by atoms with Crippen LogP contribution in [0.2, 0.25) is 0 Å². The van der Waals surface area contributed by atoms with Crippen molar-refractivity contribution >= 4 is 23.6 Å². The van der Waals surface area contributed by atoms with Gasteiger partial charge in [-0.1, -0.05) is 17.7 Å². The molecule has 8 heteroatoms. The second kappa shape index (κ2) is 8.50. The van der Waals surface area contributed by atoms with Crippen LogP contribution in [0.25, 0.3) is 5.69 Å². The molecule has 0 aliphatic carbocycles. The third kappa shape index (κ3) is 4.95. The predicted molar refractivity (Wildman–Crippen MR) is 101 cm³/mol. The van der Waals surface area contributed by atoms with Gasteiger partial charge in [0.15, 0.2) is 0 Å². The first-order valence-corrected chi connectivity index (χ1v) is 9.08. The van der Waals surface area contributed by atoms with E-state index in [1.54, 1.807) is 0 Å². The number of benzene rings is 2. The Hall–Kier alpha value is -3.13. The van der Waals surface area contributed by atoms with E-state index in [0.29, 0.717) is 5.69 Å². The molecule has 0 atom stereocenters. The number of carbonyl (C=O) groups excluding carboxylic acids is 2. The van der Waals surface area contributed by atoms with Gasteiger partial charge in [-0.3, -0.25) is 25.0 Å². The third-order valence-electron chi connectivity index (χ3n) is 3.68. The van der Waals surface area contributed by atoms with Crippen LogP contribution in [0, 0.1) is 12.7 Å². The zero-order valence-corrected chi connectivity index (χ0v) is 15.3. The van der Waals surface area contributed by atoms with Gasteiger partial charge in [0.2, 0.25) is 5.91 Å². The van der Waals surface area contributed by atoms with E-state index >= 15 is 0 Å². The normalized spacial score (nSPS) is 10.4. The van der Waals surface area contributed by atoms with Gasteiger partial charge < -0.3 is 0 Å². The molecule has 2 amide bonds. The summed E-state index contributed by atoms with van der Waals surface area (Å²) in [7, 11) is 0. The van der Waals surface area contributed by atoms with Crippen LogP contribution in [0.4, 0.5) is 4.39 Å². The third-order valence-corrected chi connectivity index (χ3v) is 4.69. The summed E-state index contributed by atoms with van der Waals surface area (Å²) < 4.78 is 14.6. The molecule has 3 aromatic rings. The molecule has 2 aromatic carbocycles. The predicted octanol–water partition coefficient (Wildman–Crippen LogP) is 2.87. The van der Waals surface area contributed by atoms with Crippen molar-refractivity contribution < 1.29 is 14.0 Å². The first kappa shape index (κ1) is 18.7. The summed E-state index contributed by atoms with van der Waals surface area (Å²) >= 11 is 1.37. The molecule has 27 heavy (non-hydrogen) atoms. The molecule has 0 saturated heterocycles. The molecule has 0 radical (unpaired) electrons. The lowest BCUT2D eigenvalue weighted by Gasteiger charge is -2.10. The maximum absolute atomic E-state index is 13.1. The van der Waals surface area contributed by atoms with Gasteiger partial charge in [-0.2, -0.15) is 0 Å². The molecule has 0 bridgehead atoms. The smallest absolute Gasteiger partial charge is 0.288 e. The summed E-state index contributed by atoms with van der Waals surface area (Å²) in [5.74, 6) is -1.06. The SMILES string of the molecule is Cc1ccc(SCC(=O)NNC(=O)c2cncn2-c2ccc(F)cc2)cc1. The Labute approximate surface area is 159 Å². The van der Waals surface area contributed by atoms with Crippen molar-refractivity contribution in [3.8, 4) is 5.69 Å². The molecular weight excluding hydrogens is 367 g/mol. The molecule has 3 rings (SSSR count). The molecule has 0 saturated carbocycles. The summed E-state index contributed by atoms with van der Waals surface area (Å²) in [6, 6.07) is 13.5. The fourth-order valence-electron chi connectivity index (χ4n) is 2.28. The van der Waals surface area contributed by atoms with Crippen LogP contribution in [-0.2, 0) is 4.79 Å². The van der Waals surface area contributed by atoms with Gasteiger partial charge in [-0.15, -0.1) is 11.8 Å². The average molecular weight is 384 g/mol. The number of halogens is 1. The quantitative estimate of drug-likeness (QED) is 0.524. The summed E-state index contributed by atoms with van der Waals surface area (Å²) in [5, 5.41) is 0. The Bertz CT molecular complexity index is 939. The van der Waals surface area contributed by atoms with Crippen LogP contribution in [0.1, 0.15) is 16.1 Å². The number of hydrazine groups is 1. The molecule has 6 nitrogen and oxygen atoms in total. The monoisotopic (exact) mass is 384 g/mol. The Morgan fingerprint density at radius 2 is 1.78 bits per heavy atom. The van der Waals surface area contributed by atoms with E-state index in [9.17, 15) is 14.0 Å². The van der Waals surface area contributed by atoms with E-state index in [2.05, 4.69) is 15.8 Å². The fourth-order valence-corrected chi connectivity index (χ4v) is 2.98. The van der Waals surface area contributed by atoms with Crippen LogP contribution < -0.4 is 10.9 Å². The van der Waals surface area contributed by atoms with E-state index in [0.717, 1.165) is 10.5 Å². The molecule has 0 spiro atoms. The lowest BCUT2D eigenvalue weighted by Crippen LogP contribution is -2.43. The van der Waals surface area contributed by atoms with E-state index in [4.69, 9.17) is 0 Å². The first-order valence-electron chi connectivity index (χ1n) is 8.10.